The Morgan fingerprint density at radius 1 is 0.527 bits per heavy atom. The lowest BCUT2D eigenvalue weighted by molar-refractivity contribution is 0.0944. The molecule has 0 radical (unpaired) electrons. The summed E-state index contributed by atoms with van der Waals surface area (Å²) in [6, 6.07) is 25.5. The molecule has 0 atom stereocenters. The first-order valence-corrected chi connectivity index (χ1v) is 17.4. The molecule has 0 bridgehead atoms. The Morgan fingerprint density at radius 3 is 1.18 bits per heavy atom. The Labute approximate surface area is 322 Å². The van der Waals surface area contributed by atoms with Crippen LogP contribution < -0.4 is 48.7 Å². The number of rotatable bonds is 18. The van der Waals surface area contributed by atoms with Gasteiger partial charge in [0.15, 0.2) is 34.5 Å². The van der Waals surface area contributed by atoms with Crippen LogP contribution in [0.15, 0.2) is 95.1 Å². The summed E-state index contributed by atoms with van der Waals surface area (Å²) in [5.41, 5.74) is 7.84. The Morgan fingerprint density at radius 2 is 0.873 bits per heavy atom. The van der Waals surface area contributed by atoms with Gasteiger partial charge in [-0.25, -0.2) is 10.9 Å². The van der Waals surface area contributed by atoms with E-state index in [1.54, 1.807) is 24.3 Å². The van der Waals surface area contributed by atoms with E-state index in [-0.39, 0.29) is 34.5 Å². The van der Waals surface area contributed by atoms with Crippen molar-refractivity contribution < 1.29 is 47.5 Å². The molecule has 0 aliphatic rings. The van der Waals surface area contributed by atoms with Crippen LogP contribution in [0, 0.1) is 0 Å². The second-order valence-corrected chi connectivity index (χ2v) is 12.3. The number of thiophene rings is 1. The van der Waals surface area contributed by atoms with E-state index in [1.807, 2.05) is 60.7 Å². The maximum absolute atomic E-state index is 13.8. The van der Waals surface area contributed by atoms with Crippen molar-refractivity contribution >= 4 is 35.6 Å². The van der Waals surface area contributed by atoms with Crippen molar-refractivity contribution in [3.05, 3.63) is 117 Å². The summed E-state index contributed by atoms with van der Waals surface area (Å²) in [6.45, 7) is 0.156. The number of nitrogens with zero attached hydrogens (tertiary/aromatic N) is 2. The van der Waals surface area contributed by atoms with Crippen LogP contribution in [0.1, 0.15) is 41.6 Å². The van der Waals surface area contributed by atoms with Crippen LogP contribution in [0.3, 0.4) is 0 Å². The van der Waals surface area contributed by atoms with Gasteiger partial charge in [-0.1, -0.05) is 60.7 Å². The molecule has 5 rings (SSSR count). The SMILES string of the molecule is COc1cc(/C=N\NC(=O)c2sc(C(=O)N/N=C\c3cc(OC)c(OC)c(OC)c3)c(OCc3ccccc3)c2OCc2ccccc2)cc(OC)c1OC. The van der Waals surface area contributed by atoms with Gasteiger partial charge in [-0.3, -0.25) is 9.59 Å². The van der Waals surface area contributed by atoms with Gasteiger partial charge in [-0.2, -0.15) is 10.2 Å². The highest BCUT2D eigenvalue weighted by Crippen LogP contribution is 2.44. The third-order valence-corrected chi connectivity index (χ3v) is 8.97. The van der Waals surface area contributed by atoms with Crippen molar-refractivity contribution in [3.63, 3.8) is 0 Å². The van der Waals surface area contributed by atoms with E-state index in [4.69, 9.17) is 37.9 Å². The highest BCUT2D eigenvalue weighted by atomic mass is 32.1. The maximum atomic E-state index is 13.8. The van der Waals surface area contributed by atoms with Gasteiger partial charge < -0.3 is 37.9 Å². The van der Waals surface area contributed by atoms with Crippen molar-refractivity contribution in [1.82, 2.24) is 10.9 Å². The number of benzene rings is 4. The van der Waals surface area contributed by atoms with Gasteiger partial charge in [-0.05, 0) is 35.4 Å². The molecule has 55 heavy (non-hydrogen) atoms. The van der Waals surface area contributed by atoms with Crippen LogP contribution in [0.5, 0.6) is 46.0 Å². The molecule has 5 aromatic rings. The molecule has 14 nitrogen and oxygen atoms in total. The summed E-state index contributed by atoms with van der Waals surface area (Å²) in [5, 5.41) is 8.33. The number of hydrogen-bond donors (Lipinski definition) is 2. The molecule has 0 saturated heterocycles. The zero-order valence-corrected chi connectivity index (χ0v) is 31.9. The summed E-state index contributed by atoms with van der Waals surface area (Å²) >= 11 is 0.864. The molecule has 4 aromatic carbocycles. The molecule has 0 aliphatic carbocycles. The van der Waals surface area contributed by atoms with E-state index in [9.17, 15) is 9.59 Å². The van der Waals surface area contributed by atoms with E-state index in [0.717, 1.165) is 22.5 Å². The molecule has 0 fully saturated rings. The van der Waals surface area contributed by atoms with Gasteiger partial charge in [0.1, 0.15) is 23.0 Å². The first kappa shape index (κ1) is 39.5. The molecule has 1 heterocycles. The number of amides is 2. The van der Waals surface area contributed by atoms with Crippen LogP contribution >= 0.6 is 11.3 Å². The van der Waals surface area contributed by atoms with Gasteiger partial charge in [0.05, 0.1) is 55.1 Å². The predicted octanol–water partition coefficient (Wildman–Crippen LogP) is 6.49. The second kappa shape index (κ2) is 19.4. The smallest absolute Gasteiger partial charge is 0.285 e. The molecule has 0 aliphatic heterocycles. The number of nitrogens with one attached hydrogen (secondary N) is 2. The van der Waals surface area contributed by atoms with Gasteiger partial charge in [0.2, 0.25) is 11.5 Å². The molecule has 286 valence electrons. The third kappa shape index (κ3) is 9.83. The van der Waals surface area contributed by atoms with E-state index in [1.165, 1.54) is 55.1 Å². The lowest BCUT2D eigenvalue weighted by Gasteiger charge is -2.13. The predicted molar refractivity (Wildman–Crippen MR) is 208 cm³/mol. The number of carbonyl (C=O) groups excluding carboxylic acids is 2. The number of hydrogen-bond acceptors (Lipinski definition) is 13. The summed E-state index contributed by atoms with van der Waals surface area (Å²) in [6.07, 6.45) is 2.83. The number of ether oxygens (including phenoxy) is 8. The maximum Gasteiger partial charge on any atom is 0.285 e. The third-order valence-electron chi connectivity index (χ3n) is 7.82. The fourth-order valence-corrected chi connectivity index (χ4v) is 6.18. The lowest BCUT2D eigenvalue weighted by atomic mass is 10.2. The number of hydrazone groups is 2. The van der Waals surface area contributed by atoms with Gasteiger partial charge >= 0.3 is 0 Å². The fourth-order valence-electron chi connectivity index (χ4n) is 5.21. The van der Waals surface area contributed by atoms with Crippen LogP contribution in [0.4, 0.5) is 0 Å². The van der Waals surface area contributed by atoms with E-state index in [0.29, 0.717) is 45.6 Å². The van der Waals surface area contributed by atoms with Gasteiger partial charge in [0, 0.05) is 11.1 Å². The van der Waals surface area contributed by atoms with Crippen LogP contribution in [0.2, 0.25) is 0 Å². The standard InChI is InChI=1S/C40H40N4O10S/c1-47-29-17-27(18-30(48-2)33(29)51-5)21-41-43-39(45)37-35(53-23-25-13-9-7-10-14-25)36(54-24-26-15-11-8-12-16-26)38(55-37)40(46)44-42-22-28-19-31(49-3)34(52-6)32(20-28)50-4/h7-22H,23-24H2,1-6H3,(H,43,45)(H,44,46)/b41-21-,42-22-. The Hall–Kier alpha value is -6.74. The van der Waals surface area contributed by atoms with Crippen molar-refractivity contribution in [1.29, 1.82) is 0 Å². The average molecular weight is 769 g/mol. The van der Waals surface area contributed by atoms with Crippen molar-refractivity contribution in [2.75, 3.05) is 42.7 Å². The van der Waals surface area contributed by atoms with Gasteiger partial charge in [-0.15, -0.1) is 11.3 Å². The molecule has 2 amide bonds. The van der Waals surface area contributed by atoms with E-state index in [2.05, 4.69) is 21.1 Å². The number of carbonyl (C=O) groups is 2. The molecular weight excluding hydrogens is 729 g/mol. The molecule has 1 aromatic heterocycles. The normalized spacial score (nSPS) is 10.9. The summed E-state index contributed by atoms with van der Waals surface area (Å²) in [7, 11) is 8.99. The highest BCUT2D eigenvalue weighted by molar-refractivity contribution is 7.16. The minimum absolute atomic E-state index is 0.0415. The Balaban J connectivity index is 1.49. The molecule has 0 spiro atoms. The second-order valence-electron chi connectivity index (χ2n) is 11.3. The Kier molecular flexibility index (Phi) is 13.9. The topological polar surface area (TPSA) is 157 Å². The van der Waals surface area contributed by atoms with E-state index >= 15 is 0 Å². The van der Waals surface area contributed by atoms with Crippen LogP contribution in [-0.2, 0) is 13.2 Å². The monoisotopic (exact) mass is 768 g/mol. The summed E-state index contributed by atoms with van der Waals surface area (Å²) in [5.74, 6) is 1.27. The van der Waals surface area contributed by atoms with Crippen molar-refractivity contribution in [3.8, 4) is 46.0 Å². The lowest BCUT2D eigenvalue weighted by Crippen LogP contribution is -2.17. The zero-order valence-electron chi connectivity index (χ0n) is 31.0. The minimum Gasteiger partial charge on any atom is -0.493 e. The molecular formula is C40H40N4O10S. The molecule has 2 N–H and O–H groups in total. The van der Waals surface area contributed by atoms with Crippen molar-refractivity contribution in [2.45, 2.75) is 13.2 Å². The van der Waals surface area contributed by atoms with E-state index < -0.39 is 11.8 Å². The zero-order chi connectivity index (χ0) is 39.2. The largest absolute Gasteiger partial charge is 0.493 e. The fraction of sp³-hybridized carbons (Fsp3) is 0.200. The minimum atomic E-state index is -0.652. The summed E-state index contributed by atoms with van der Waals surface area (Å²) < 4.78 is 45.0. The molecule has 15 heteroatoms. The summed E-state index contributed by atoms with van der Waals surface area (Å²) in [4.78, 5) is 27.8. The van der Waals surface area contributed by atoms with Crippen molar-refractivity contribution in [2.24, 2.45) is 10.2 Å². The average Bonchev–Trinajstić information content (AvgIpc) is 3.60. The quantitative estimate of drug-likeness (QED) is 0.0747. The number of methoxy groups -OCH3 is 6. The first-order valence-electron chi connectivity index (χ1n) is 16.6. The van der Waals surface area contributed by atoms with Gasteiger partial charge in [0.25, 0.3) is 11.8 Å². The first-order chi connectivity index (χ1) is 26.8. The molecule has 0 saturated carbocycles. The van der Waals surface area contributed by atoms with Crippen LogP contribution in [-0.4, -0.2) is 66.9 Å². The Bertz CT molecular complexity index is 1940. The highest BCUT2D eigenvalue weighted by Gasteiger charge is 2.30. The van der Waals surface area contributed by atoms with Crippen LogP contribution in [0.25, 0.3) is 0 Å². The molecule has 0 unspecified atom stereocenters.